The number of carbonyl (C=O) groups is 2. The third-order valence-electron chi connectivity index (χ3n) is 4.25. The molecule has 1 aromatic heterocycles. The molecule has 3 N–H and O–H groups in total. The third kappa shape index (κ3) is 6.69. The normalized spacial score (nSPS) is 10.4. The number of anilines is 3. The summed E-state index contributed by atoms with van der Waals surface area (Å²) in [4.78, 5) is 24.2. The second kappa shape index (κ2) is 10.8. The van der Waals surface area contributed by atoms with Gasteiger partial charge in [0, 0.05) is 17.4 Å². The number of para-hydroxylation sites is 1. The first-order chi connectivity index (χ1) is 14.9. The van der Waals surface area contributed by atoms with Crippen LogP contribution in [-0.2, 0) is 9.59 Å². The van der Waals surface area contributed by atoms with E-state index < -0.39 is 0 Å². The summed E-state index contributed by atoms with van der Waals surface area (Å²) in [5.74, 6) is 0.364. The molecule has 31 heavy (non-hydrogen) atoms. The number of aryl methyl sites for hydroxylation is 2. The van der Waals surface area contributed by atoms with Crippen LogP contribution in [-0.4, -0.2) is 41.4 Å². The Morgan fingerprint density at radius 3 is 2.55 bits per heavy atom. The van der Waals surface area contributed by atoms with E-state index in [4.69, 9.17) is 4.74 Å². The van der Waals surface area contributed by atoms with Crippen LogP contribution in [0.5, 0.6) is 5.75 Å². The number of hydrogen-bond donors (Lipinski definition) is 3. The zero-order valence-electron chi connectivity index (χ0n) is 17.4. The fourth-order valence-electron chi connectivity index (χ4n) is 2.70. The number of nitrogens with one attached hydrogen (secondary N) is 3. The van der Waals surface area contributed by atoms with Gasteiger partial charge < -0.3 is 20.7 Å². The Bertz CT molecular complexity index is 1050. The number of amides is 2. The highest BCUT2D eigenvalue weighted by atomic mass is 32.2. The van der Waals surface area contributed by atoms with Gasteiger partial charge in [-0.3, -0.25) is 9.59 Å². The molecule has 0 saturated heterocycles. The fourth-order valence-corrected chi connectivity index (χ4v) is 4.30. The molecule has 0 radical (unpaired) electrons. The number of nitrogens with zero attached hydrogens (tertiary/aromatic N) is 2. The van der Waals surface area contributed by atoms with Gasteiger partial charge in [0.1, 0.15) is 5.75 Å². The molecule has 0 aliphatic heterocycles. The average Bonchev–Trinajstić information content (AvgIpc) is 3.21. The maximum absolute atomic E-state index is 12.1. The molecule has 3 aromatic rings. The molecule has 8 nitrogen and oxygen atoms in total. The van der Waals surface area contributed by atoms with Gasteiger partial charge in [0.2, 0.25) is 16.9 Å². The number of aromatic nitrogens is 2. The van der Waals surface area contributed by atoms with E-state index >= 15 is 0 Å². The van der Waals surface area contributed by atoms with Crippen LogP contribution < -0.4 is 20.7 Å². The van der Waals surface area contributed by atoms with E-state index in [0.29, 0.717) is 9.47 Å². The molecule has 0 fully saturated rings. The second-order valence-corrected chi connectivity index (χ2v) is 8.81. The lowest BCUT2D eigenvalue weighted by Crippen LogP contribution is -2.34. The lowest BCUT2D eigenvalue weighted by Gasteiger charge is -2.11. The molecule has 3 rings (SSSR count). The van der Waals surface area contributed by atoms with Crippen molar-refractivity contribution >= 4 is 51.4 Å². The topological polar surface area (TPSA) is 105 Å². The molecule has 0 aliphatic rings. The van der Waals surface area contributed by atoms with Gasteiger partial charge in [0.15, 0.2) is 4.34 Å². The van der Waals surface area contributed by atoms with Crippen LogP contribution in [0, 0.1) is 13.8 Å². The number of ether oxygens (including phenoxy) is 1. The average molecular weight is 458 g/mol. The van der Waals surface area contributed by atoms with Gasteiger partial charge in [-0.1, -0.05) is 47.4 Å². The minimum absolute atomic E-state index is 0.0913. The summed E-state index contributed by atoms with van der Waals surface area (Å²) in [6, 6.07) is 13.3. The summed E-state index contributed by atoms with van der Waals surface area (Å²) in [6.07, 6.45) is 0. The van der Waals surface area contributed by atoms with Gasteiger partial charge in [-0.05, 0) is 37.1 Å². The van der Waals surface area contributed by atoms with Crippen molar-refractivity contribution in [1.82, 2.24) is 15.5 Å². The Kier molecular flexibility index (Phi) is 7.85. The van der Waals surface area contributed by atoms with Crippen LogP contribution in [0.25, 0.3) is 0 Å². The Hall–Kier alpha value is -3.11. The number of benzene rings is 2. The van der Waals surface area contributed by atoms with Gasteiger partial charge in [-0.25, -0.2) is 0 Å². The molecule has 2 aromatic carbocycles. The van der Waals surface area contributed by atoms with Crippen molar-refractivity contribution in [2.24, 2.45) is 0 Å². The van der Waals surface area contributed by atoms with E-state index in [1.54, 1.807) is 7.11 Å². The Labute approximate surface area is 188 Å². The molecule has 0 unspecified atom stereocenters. The van der Waals surface area contributed by atoms with Crippen molar-refractivity contribution < 1.29 is 14.3 Å². The summed E-state index contributed by atoms with van der Waals surface area (Å²) in [5.41, 5.74) is 3.57. The van der Waals surface area contributed by atoms with E-state index in [2.05, 4.69) is 26.1 Å². The van der Waals surface area contributed by atoms with Crippen LogP contribution in [0.3, 0.4) is 0 Å². The van der Waals surface area contributed by atoms with Crippen molar-refractivity contribution in [1.29, 1.82) is 0 Å². The molecule has 0 saturated carbocycles. The van der Waals surface area contributed by atoms with Crippen molar-refractivity contribution in [2.45, 2.75) is 18.2 Å². The van der Waals surface area contributed by atoms with Crippen molar-refractivity contribution in [2.75, 3.05) is 30.0 Å². The van der Waals surface area contributed by atoms with E-state index in [1.165, 1.54) is 23.1 Å². The number of carbonyl (C=O) groups excluding carboxylic acids is 2. The summed E-state index contributed by atoms with van der Waals surface area (Å²) < 4.78 is 5.85. The fraction of sp³-hybridized carbons (Fsp3) is 0.238. The predicted octanol–water partition coefficient (Wildman–Crippen LogP) is 3.75. The van der Waals surface area contributed by atoms with Crippen LogP contribution in [0.4, 0.5) is 16.5 Å². The number of hydrogen-bond acceptors (Lipinski definition) is 8. The first-order valence-corrected chi connectivity index (χ1v) is 11.2. The third-order valence-corrected chi connectivity index (χ3v) is 6.22. The lowest BCUT2D eigenvalue weighted by atomic mass is 10.1. The molecule has 0 aliphatic carbocycles. The Morgan fingerprint density at radius 1 is 1.06 bits per heavy atom. The predicted molar refractivity (Wildman–Crippen MR) is 124 cm³/mol. The molecule has 162 valence electrons. The highest BCUT2D eigenvalue weighted by Crippen LogP contribution is 2.28. The van der Waals surface area contributed by atoms with Gasteiger partial charge in [-0.15, -0.1) is 10.2 Å². The minimum atomic E-state index is -0.267. The first kappa shape index (κ1) is 22.6. The van der Waals surface area contributed by atoms with E-state index in [0.717, 1.165) is 28.3 Å². The maximum Gasteiger partial charge on any atom is 0.243 e. The SMILES string of the molecule is COc1cccc(Nc2nnc(SCC(=O)NCC(=O)Nc3c(C)cccc3C)s2)c1. The van der Waals surface area contributed by atoms with Crippen molar-refractivity contribution in [3.8, 4) is 5.75 Å². The van der Waals surface area contributed by atoms with Gasteiger partial charge >= 0.3 is 0 Å². The molecule has 1 heterocycles. The van der Waals surface area contributed by atoms with Crippen LogP contribution in [0.2, 0.25) is 0 Å². The lowest BCUT2D eigenvalue weighted by molar-refractivity contribution is -0.122. The standard InChI is InChI=1S/C21H23N5O3S2/c1-13-6-4-7-14(2)19(13)24-17(27)11-22-18(28)12-30-21-26-25-20(31-21)23-15-8-5-9-16(10-15)29-3/h4-10H,11-12H2,1-3H3,(H,22,28)(H,23,25)(H,24,27). The smallest absolute Gasteiger partial charge is 0.243 e. The van der Waals surface area contributed by atoms with Gasteiger partial charge in [-0.2, -0.15) is 0 Å². The summed E-state index contributed by atoms with van der Waals surface area (Å²) in [7, 11) is 1.61. The molecular weight excluding hydrogens is 434 g/mol. The molecule has 0 spiro atoms. The molecular formula is C21H23N5O3S2. The Morgan fingerprint density at radius 2 is 1.81 bits per heavy atom. The van der Waals surface area contributed by atoms with E-state index in [9.17, 15) is 9.59 Å². The molecule has 0 atom stereocenters. The quantitative estimate of drug-likeness (QED) is 0.420. The van der Waals surface area contributed by atoms with Crippen molar-refractivity contribution in [3.63, 3.8) is 0 Å². The zero-order chi connectivity index (χ0) is 22.2. The van der Waals surface area contributed by atoms with Crippen molar-refractivity contribution in [3.05, 3.63) is 53.6 Å². The maximum atomic E-state index is 12.1. The van der Waals surface area contributed by atoms with Gasteiger partial charge in [0.05, 0.1) is 19.4 Å². The molecule has 0 bridgehead atoms. The van der Waals surface area contributed by atoms with E-state index in [-0.39, 0.29) is 24.1 Å². The molecule has 10 heteroatoms. The van der Waals surface area contributed by atoms with Crippen LogP contribution >= 0.6 is 23.1 Å². The van der Waals surface area contributed by atoms with Crippen LogP contribution in [0.15, 0.2) is 46.8 Å². The number of rotatable bonds is 9. The monoisotopic (exact) mass is 457 g/mol. The highest BCUT2D eigenvalue weighted by molar-refractivity contribution is 8.01. The summed E-state index contributed by atoms with van der Waals surface area (Å²) in [6.45, 7) is 3.76. The number of methoxy groups -OCH3 is 1. The minimum Gasteiger partial charge on any atom is -0.497 e. The Balaban J connectivity index is 1.43. The second-order valence-electron chi connectivity index (χ2n) is 6.61. The largest absolute Gasteiger partial charge is 0.497 e. The highest BCUT2D eigenvalue weighted by Gasteiger charge is 2.11. The van der Waals surface area contributed by atoms with Gasteiger partial charge in [0.25, 0.3) is 0 Å². The zero-order valence-corrected chi connectivity index (χ0v) is 19.0. The van der Waals surface area contributed by atoms with E-state index in [1.807, 2.05) is 56.3 Å². The van der Waals surface area contributed by atoms with Crippen LogP contribution in [0.1, 0.15) is 11.1 Å². The molecule has 2 amide bonds. The number of thioether (sulfide) groups is 1. The summed E-state index contributed by atoms with van der Waals surface area (Å²) in [5, 5.41) is 17.4. The summed E-state index contributed by atoms with van der Waals surface area (Å²) >= 11 is 2.61. The first-order valence-electron chi connectivity index (χ1n) is 9.44.